The minimum atomic E-state index is -0.776. The lowest BCUT2D eigenvalue weighted by molar-refractivity contribution is -0.200. The second kappa shape index (κ2) is 7.05. The van der Waals surface area contributed by atoms with Gasteiger partial charge in [-0.05, 0) is 19.9 Å². The van der Waals surface area contributed by atoms with Crippen molar-refractivity contribution in [2.75, 3.05) is 6.61 Å². The van der Waals surface area contributed by atoms with Gasteiger partial charge in [-0.1, -0.05) is 18.3 Å². The third kappa shape index (κ3) is 3.49. The summed E-state index contributed by atoms with van der Waals surface area (Å²) in [6.45, 7) is 3.43. The Bertz CT molecular complexity index is 877. The Balaban J connectivity index is 1.51. The molecule has 3 aliphatic rings. The van der Waals surface area contributed by atoms with Crippen molar-refractivity contribution in [3.05, 3.63) is 41.8 Å². The first kappa shape index (κ1) is 19.2. The van der Waals surface area contributed by atoms with Gasteiger partial charge >= 0.3 is 0 Å². The highest BCUT2D eigenvalue weighted by Gasteiger charge is 2.55. The molecule has 4 atom stereocenters. The number of nitrogens with two attached hydrogens (primary N) is 1. The molecule has 3 heterocycles. The Hall–Kier alpha value is -2.11. The Kier molecular flexibility index (Phi) is 4.84. The largest absolute Gasteiger partial charge is 0.399 e. The number of imidazole rings is 1. The summed E-state index contributed by atoms with van der Waals surface area (Å²) >= 11 is 5.26. The molecule has 4 N–H and O–H groups in total. The molecule has 0 spiro atoms. The molecule has 9 nitrogen and oxygen atoms in total. The predicted octanol–water partition coefficient (Wildman–Crippen LogP) is 0.523. The van der Waals surface area contributed by atoms with E-state index in [4.69, 9.17) is 32.2 Å². The van der Waals surface area contributed by atoms with Crippen molar-refractivity contribution in [2.24, 2.45) is 5.73 Å². The fourth-order valence-electron chi connectivity index (χ4n) is 3.56. The molecular formula is C18H22N4O5S. The van der Waals surface area contributed by atoms with Crippen molar-refractivity contribution in [3.63, 3.8) is 0 Å². The van der Waals surface area contributed by atoms with E-state index in [1.54, 1.807) is 22.9 Å². The van der Waals surface area contributed by atoms with Crippen LogP contribution < -0.4 is 11.1 Å². The number of nitrogens with one attached hydrogen (secondary N) is 1. The summed E-state index contributed by atoms with van der Waals surface area (Å²) in [7, 11) is 0. The Morgan fingerprint density at radius 1 is 1.46 bits per heavy atom. The lowest BCUT2D eigenvalue weighted by Crippen LogP contribution is -2.31. The molecule has 2 fully saturated rings. The molecule has 1 amide bonds. The number of fused-ring (bicyclic) bond motifs is 1. The van der Waals surface area contributed by atoms with Gasteiger partial charge in [-0.25, -0.2) is 4.98 Å². The van der Waals surface area contributed by atoms with Crippen LogP contribution in [0.3, 0.4) is 0 Å². The van der Waals surface area contributed by atoms with Gasteiger partial charge in [0.2, 0.25) is 0 Å². The van der Waals surface area contributed by atoms with E-state index in [0.717, 1.165) is 0 Å². The number of carbonyl (C=O) groups excluding carboxylic acids is 1. The first-order chi connectivity index (χ1) is 13.3. The molecular weight excluding hydrogens is 384 g/mol. The average molecular weight is 406 g/mol. The van der Waals surface area contributed by atoms with Gasteiger partial charge in [0, 0.05) is 23.2 Å². The lowest BCUT2D eigenvalue weighted by atomic mass is 10.1. The average Bonchev–Trinajstić information content (AvgIpc) is 3.31. The van der Waals surface area contributed by atoms with Crippen LogP contribution in [0.5, 0.6) is 0 Å². The number of thiocarbonyl (C=S) groups is 1. The topological polar surface area (TPSA) is 121 Å². The van der Waals surface area contributed by atoms with Crippen LogP contribution in [-0.4, -0.2) is 56.1 Å². The minimum Gasteiger partial charge on any atom is -0.399 e. The van der Waals surface area contributed by atoms with Crippen LogP contribution in [0.1, 0.15) is 37.0 Å². The molecule has 0 bridgehead atoms. The standard InChI is InChI=1S/C18H22N4O5S/c1-18(2)26-14-12(7-23)25-17(15(14)27-18)22-6-11(20-8-22)16(24)21-10-5-9(19)3-4-13(10)28/h3,5-6,8,12,14-15,17,23H,4,7,19H2,1-2H3,(H,21,24)/t12-,14-,15-,17-/m1/s1. The van der Waals surface area contributed by atoms with Crippen molar-refractivity contribution in [1.82, 2.24) is 14.9 Å². The number of carbonyl (C=O) groups is 1. The van der Waals surface area contributed by atoms with E-state index in [-0.39, 0.29) is 12.3 Å². The molecule has 150 valence electrons. The number of hydrogen-bond acceptors (Lipinski definition) is 8. The van der Waals surface area contributed by atoms with E-state index in [2.05, 4.69) is 10.3 Å². The van der Waals surface area contributed by atoms with Gasteiger partial charge in [0.05, 0.1) is 18.6 Å². The number of aliphatic hydroxyl groups is 1. The molecule has 4 rings (SSSR count). The number of aromatic nitrogens is 2. The summed E-state index contributed by atoms with van der Waals surface area (Å²) in [5.41, 5.74) is 7.03. The summed E-state index contributed by atoms with van der Waals surface area (Å²) in [4.78, 5) is 17.3. The van der Waals surface area contributed by atoms with Crippen LogP contribution in [0, 0.1) is 0 Å². The Morgan fingerprint density at radius 3 is 2.96 bits per heavy atom. The Labute approximate surface area is 167 Å². The van der Waals surface area contributed by atoms with Crippen molar-refractivity contribution < 1.29 is 24.1 Å². The van der Waals surface area contributed by atoms with Crippen LogP contribution in [-0.2, 0) is 14.2 Å². The molecule has 0 radical (unpaired) electrons. The maximum absolute atomic E-state index is 12.6. The van der Waals surface area contributed by atoms with E-state index < -0.39 is 36.2 Å². The number of rotatable bonds is 4. The molecule has 1 aliphatic carbocycles. The highest BCUT2D eigenvalue weighted by Crippen LogP contribution is 2.42. The van der Waals surface area contributed by atoms with E-state index >= 15 is 0 Å². The number of allylic oxidation sites excluding steroid dienone is 3. The number of aliphatic hydroxyl groups excluding tert-OH is 1. The highest BCUT2D eigenvalue weighted by atomic mass is 32.1. The maximum atomic E-state index is 12.6. The first-order valence-electron chi connectivity index (χ1n) is 8.95. The number of ether oxygens (including phenoxy) is 3. The molecule has 0 saturated carbocycles. The third-order valence-corrected chi connectivity index (χ3v) is 5.20. The molecule has 1 aromatic heterocycles. The van der Waals surface area contributed by atoms with Gasteiger partial charge in [-0.15, -0.1) is 0 Å². The molecule has 28 heavy (non-hydrogen) atoms. The first-order valence-corrected chi connectivity index (χ1v) is 9.35. The number of hydrogen-bond donors (Lipinski definition) is 3. The van der Waals surface area contributed by atoms with Crippen LogP contribution in [0.4, 0.5) is 0 Å². The van der Waals surface area contributed by atoms with E-state index in [1.807, 2.05) is 13.8 Å². The number of amides is 1. The summed E-state index contributed by atoms with van der Waals surface area (Å²) in [6, 6.07) is 0. The van der Waals surface area contributed by atoms with Crippen LogP contribution in [0.25, 0.3) is 0 Å². The van der Waals surface area contributed by atoms with Gasteiger partial charge in [-0.3, -0.25) is 4.79 Å². The fraction of sp³-hybridized carbons (Fsp3) is 0.500. The quantitative estimate of drug-likeness (QED) is 0.619. The van der Waals surface area contributed by atoms with Crippen LogP contribution in [0.15, 0.2) is 36.1 Å². The molecule has 1 aromatic rings. The zero-order valence-electron chi connectivity index (χ0n) is 15.5. The zero-order chi connectivity index (χ0) is 20.1. The Morgan fingerprint density at radius 2 is 2.21 bits per heavy atom. The van der Waals surface area contributed by atoms with Gasteiger partial charge in [0.15, 0.2) is 12.0 Å². The second-order valence-electron chi connectivity index (χ2n) is 7.36. The normalized spacial score (nSPS) is 31.3. The number of nitrogens with zero attached hydrogens (tertiary/aromatic N) is 2. The van der Waals surface area contributed by atoms with Crippen molar-refractivity contribution in [3.8, 4) is 0 Å². The van der Waals surface area contributed by atoms with E-state index in [1.165, 1.54) is 6.33 Å². The summed E-state index contributed by atoms with van der Waals surface area (Å²) in [5, 5.41) is 12.3. The zero-order valence-corrected chi connectivity index (χ0v) is 16.3. The molecule has 0 unspecified atom stereocenters. The molecule has 2 saturated heterocycles. The second-order valence-corrected chi connectivity index (χ2v) is 7.85. The smallest absolute Gasteiger partial charge is 0.275 e. The molecule has 0 aromatic carbocycles. The van der Waals surface area contributed by atoms with Crippen LogP contribution >= 0.6 is 12.2 Å². The van der Waals surface area contributed by atoms with Crippen LogP contribution in [0.2, 0.25) is 0 Å². The summed E-state index contributed by atoms with van der Waals surface area (Å²) in [5.74, 6) is -1.18. The summed E-state index contributed by atoms with van der Waals surface area (Å²) in [6.07, 6.45) is 5.09. The minimum absolute atomic E-state index is 0.195. The van der Waals surface area contributed by atoms with Crippen molar-refractivity contribution in [2.45, 2.75) is 50.6 Å². The van der Waals surface area contributed by atoms with Gasteiger partial charge < -0.3 is 34.9 Å². The van der Waals surface area contributed by atoms with Gasteiger partial charge in [-0.2, -0.15) is 0 Å². The van der Waals surface area contributed by atoms with E-state index in [0.29, 0.717) is 22.7 Å². The fourth-order valence-corrected chi connectivity index (χ4v) is 3.75. The predicted molar refractivity (Wildman–Crippen MR) is 102 cm³/mol. The van der Waals surface area contributed by atoms with Crippen molar-refractivity contribution >= 4 is 23.0 Å². The van der Waals surface area contributed by atoms with Gasteiger partial charge in [0.1, 0.15) is 24.0 Å². The van der Waals surface area contributed by atoms with E-state index in [9.17, 15) is 9.90 Å². The third-order valence-electron chi connectivity index (χ3n) is 4.82. The monoisotopic (exact) mass is 406 g/mol. The molecule has 10 heteroatoms. The van der Waals surface area contributed by atoms with Gasteiger partial charge in [0.25, 0.3) is 5.91 Å². The SMILES string of the molecule is CC1(C)O[C@@H]2[C@H](O1)[C@@H](CO)O[C@H]2n1cnc(C(=O)NC2=CC(N)=CCC2=S)c1. The molecule has 2 aliphatic heterocycles. The lowest BCUT2D eigenvalue weighted by Gasteiger charge is -2.23. The van der Waals surface area contributed by atoms with Crippen molar-refractivity contribution in [1.29, 1.82) is 0 Å². The summed E-state index contributed by atoms with van der Waals surface area (Å²) < 4.78 is 19.3. The highest BCUT2D eigenvalue weighted by molar-refractivity contribution is 7.80. The maximum Gasteiger partial charge on any atom is 0.275 e.